The standard InChI is InChI=1S/C16H16N4S3/c1-10-3-4-13(15-14(10)11(7-17)8-18-15)20-23-16-19-9-12(22-16)5-6-21-2/h3-4,8-9,18,20H,5-6H2,1-2H3. The number of thioether (sulfide) groups is 1. The van der Waals surface area contributed by atoms with Gasteiger partial charge in [0.1, 0.15) is 6.07 Å². The number of H-pyrrole nitrogens is 1. The number of nitrogens with one attached hydrogen (secondary N) is 2. The van der Waals surface area contributed by atoms with Crippen molar-refractivity contribution in [1.82, 2.24) is 9.97 Å². The second kappa shape index (κ2) is 7.30. The predicted octanol–water partition coefficient (Wildman–Crippen LogP) is 4.83. The molecular formula is C16H16N4S3. The summed E-state index contributed by atoms with van der Waals surface area (Å²) >= 11 is 5.09. The SMILES string of the molecule is CSCCc1cnc(SNc2ccc(C)c3c(C#N)c[nH]c23)s1. The molecule has 7 heteroatoms. The molecule has 0 atom stereocenters. The molecule has 0 aliphatic carbocycles. The zero-order chi connectivity index (χ0) is 16.2. The zero-order valence-corrected chi connectivity index (χ0v) is 15.3. The maximum atomic E-state index is 9.22. The van der Waals surface area contributed by atoms with Crippen LogP contribution in [0.5, 0.6) is 0 Å². The van der Waals surface area contributed by atoms with Gasteiger partial charge in [-0.15, -0.1) is 11.3 Å². The molecule has 2 heterocycles. The van der Waals surface area contributed by atoms with Gasteiger partial charge in [0.15, 0.2) is 4.34 Å². The number of rotatable bonds is 6. The van der Waals surface area contributed by atoms with E-state index in [0.29, 0.717) is 5.56 Å². The van der Waals surface area contributed by atoms with Gasteiger partial charge in [-0.25, -0.2) is 4.98 Å². The second-order valence-corrected chi connectivity index (χ2v) is 8.19. The van der Waals surface area contributed by atoms with Gasteiger partial charge in [-0.1, -0.05) is 6.07 Å². The Morgan fingerprint density at radius 1 is 1.43 bits per heavy atom. The van der Waals surface area contributed by atoms with Gasteiger partial charge in [-0.2, -0.15) is 17.0 Å². The molecule has 118 valence electrons. The molecule has 0 saturated heterocycles. The molecule has 0 saturated carbocycles. The van der Waals surface area contributed by atoms with Gasteiger partial charge in [0, 0.05) is 34.6 Å². The van der Waals surface area contributed by atoms with Crippen molar-refractivity contribution in [3.8, 4) is 6.07 Å². The second-order valence-electron chi connectivity index (χ2n) is 5.03. The van der Waals surface area contributed by atoms with Crippen molar-refractivity contribution < 1.29 is 0 Å². The monoisotopic (exact) mass is 360 g/mol. The lowest BCUT2D eigenvalue weighted by atomic mass is 10.1. The molecule has 0 spiro atoms. The Morgan fingerprint density at radius 3 is 3.09 bits per heavy atom. The van der Waals surface area contributed by atoms with Crippen LogP contribution in [0.3, 0.4) is 0 Å². The summed E-state index contributed by atoms with van der Waals surface area (Å²) in [6.45, 7) is 2.02. The van der Waals surface area contributed by atoms with Gasteiger partial charge in [0.25, 0.3) is 0 Å². The van der Waals surface area contributed by atoms with Gasteiger partial charge >= 0.3 is 0 Å². The normalized spacial score (nSPS) is 10.8. The highest BCUT2D eigenvalue weighted by atomic mass is 32.2. The van der Waals surface area contributed by atoms with E-state index in [0.717, 1.165) is 38.7 Å². The summed E-state index contributed by atoms with van der Waals surface area (Å²) in [4.78, 5) is 8.96. The number of anilines is 1. The van der Waals surface area contributed by atoms with Crippen molar-refractivity contribution in [2.24, 2.45) is 0 Å². The zero-order valence-electron chi connectivity index (χ0n) is 12.8. The minimum Gasteiger partial charge on any atom is -0.358 e. The average Bonchev–Trinajstić information content (AvgIpc) is 3.19. The number of nitrogens with zero attached hydrogens (tertiary/aromatic N) is 2. The highest BCUT2D eigenvalue weighted by Gasteiger charge is 2.11. The molecular weight excluding hydrogens is 344 g/mol. The van der Waals surface area contributed by atoms with Crippen molar-refractivity contribution in [1.29, 1.82) is 5.26 Å². The Labute approximate surface area is 147 Å². The fourth-order valence-electron chi connectivity index (χ4n) is 2.35. The summed E-state index contributed by atoms with van der Waals surface area (Å²) in [5.41, 5.74) is 3.72. The fraction of sp³-hybridized carbons (Fsp3) is 0.250. The van der Waals surface area contributed by atoms with Crippen LogP contribution in [0.4, 0.5) is 5.69 Å². The molecule has 0 bridgehead atoms. The number of aromatic nitrogens is 2. The third-order valence-electron chi connectivity index (χ3n) is 3.50. The molecule has 1 aromatic carbocycles. The Bertz CT molecular complexity index is 860. The van der Waals surface area contributed by atoms with E-state index in [1.807, 2.05) is 37.0 Å². The molecule has 0 radical (unpaired) electrons. The number of hydrogen-bond acceptors (Lipinski definition) is 6. The molecule has 2 N–H and O–H groups in total. The summed E-state index contributed by atoms with van der Waals surface area (Å²) in [7, 11) is 0. The van der Waals surface area contributed by atoms with Crippen LogP contribution in [-0.2, 0) is 6.42 Å². The molecule has 0 fully saturated rings. The first-order valence-corrected chi connectivity index (χ1v) is 10.1. The van der Waals surface area contributed by atoms with Crippen molar-refractivity contribution in [3.63, 3.8) is 0 Å². The molecule has 3 aromatic rings. The first kappa shape index (κ1) is 16.2. The highest BCUT2D eigenvalue weighted by molar-refractivity contribution is 8.02. The number of nitriles is 1. The molecule has 0 unspecified atom stereocenters. The van der Waals surface area contributed by atoms with Crippen molar-refractivity contribution in [3.05, 3.63) is 40.5 Å². The van der Waals surface area contributed by atoms with Crippen molar-refractivity contribution >= 4 is 51.6 Å². The van der Waals surface area contributed by atoms with Gasteiger partial charge in [0.05, 0.1) is 16.8 Å². The number of benzene rings is 1. The van der Waals surface area contributed by atoms with Crippen LogP contribution in [-0.4, -0.2) is 22.0 Å². The van der Waals surface area contributed by atoms with Crippen LogP contribution < -0.4 is 4.72 Å². The molecule has 2 aromatic heterocycles. The lowest BCUT2D eigenvalue weighted by Gasteiger charge is -2.06. The third-order valence-corrected chi connectivity index (χ3v) is 6.06. The minimum absolute atomic E-state index is 0.680. The molecule has 23 heavy (non-hydrogen) atoms. The third kappa shape index (κ3) is 3.50. The first-order chi connectivity index (χ1) is 11.2. The lowest BCUT2D eigenvalue weighted by Crippen LogP contribution is -1.89. The summed E-state index contributed by atoms with van der Waals surface area (Å²) in [5, 5.41) is 10.2. The van der Waals surface area contributed by atoms with E-state index in [2.05, 4.69) is 27.0 Å². The van der Waals surface area contributed by atoms with E-state index in [1.54, 1.807) is 17.5 Å². The average molecular weight is 361 g/mol. The number of hydrogen-bond donors (Lipinski definition) is 2. The van der Waals surface area contributed by atoms with Crippen molar-refractivity contribution in [2.75, 3.05) is 16.7 Å². The Morgan fingerprint density at radius 2 is 2.30 bits per heavy atom. The molecule has 4 nitrogen and oxygen atoms in total. The Kier molecular flexibility index (Phi) is 5.16. The molecule has 3 rings (SSSR count). The van der Waals surface area contributed by atoms with E-state index in [9.17, 15) is 5.26 Å². The maximum absolute atomic E-state index is 9.22. The molecule has 0 amide bonds. The van der Waals surface area contributed by atoms with Gasteiger partial charge in [-0.05, 0) is 37.0 Å². The topological polar surface area (TPSA) is 64.5 Å². The highest BCUT2D eigenvalue weighted by Crippen LogP contribution is 2.32. The van der Waals surface area contributed by atoms with E-state index in [1.165, 1.54) is 16.8 Å². The van der Waals surface area contributed by atoms with Gasteiger partial charge in [0.2, 0.25) is 0 Å². The number of aromatic amines is 1. The fourth-order valence-corrected chi connectivity index (χ4v) is 4.63. The predicted molar refractivity (Wildman–Crippen MR) is 101 cm³/mol. The van der Waals surface area contributed by atoms with E-state index in [4.69, 9.17) is 0 Å². The Balaban J connectivity index is 1.77. The maximum Gasteiger partial charge on any atom is 0.170 e. The van der Waals surface area contributed by atoms with E-state index in [-0.39, 0.29) is 0 Å². The summed E-state index contributed by atoms with van der Waals surface area (Å²) in [6, 6.07) is 6.30. The largest absolute Gasteiger partial charge is 0.358 e. The van der Waals surface area contributed by atoms with Gasteiger partial charge in [-0.3, -0.25) is 0 Å². The lowest BCUT2D eigenvalue weighted by molar-refractivity contribution is 1.17. The van der Waals surface area contributed by atoms with Crippen LogP contribution in [0.15, 0.2) is 28.9 Å². The van der Waals surface area contributed by atoms with Crippen LogP contribution in [0, 0.1) is 18.3 Å². The van der Waals surface area contributed by atoms with Crippen LogP contribution in [0.1, 0.15) is 16.0 Å². The van der Waals surface area contributed by atoms with E-state index >= 15 is 0 Å². The summed E-state index contributed by atoms with van der Waals surface area (Å²) < 4.78 is 4.36. The first-order valence-electron chi connectivity index (χ1n) is 7.10. The van der Waals surface area contributed by atoms with E-state index < -0.39 is 0 Å². The van der Waals surface area contributed by atoms with Gasteiger partial charge < -0.3 is 9.71 Å². The number of fused-ring (bicyclic) bond motifs is 1. The molecule has 0 aliphatic heterocycles. The molecule has 0 aliphatic rings. The Hall–Kier alpha value is -1.62. The van der Waals surface area contributed by atoms with Crippen LogP contribution >= 0.6 is 35.0 Å². The summed E-state index contributed by atoms with van der Waals surface area (Å²) in [6.07, 6.45) is 6.90. The number of thiazole rings is 1. The smallest absolute Gasteiger partial charge is 0.170 e. The summed E-state index contributed by atoms with van der Waals surface area (Å²) in [5.74, 6) is 1.12. The van der Waals surface area contributed by atoms with Crippen molar-refractivity contribution in [2.45, 2.75) is 17.7 Å². The number of aryl methyl sites for hydroxylation is 2. The van der Waals surface area contributed by atoms with Crippen LogP contribution in [0.25, 0.3) is 10.9 Å². The quantitative estimate of drug-likeness (QED) is 0.616. The minimum atomic E-state index is 0.680. The van der Waals surface area contributed by atoms with Crippen LogP contribution in [0.2, 0.25) is 0 Å².